The molecule has 4 nitrogen and oxygen atoms in total. The van der Waals surface area contributed by atoms with Gasteiger partial charge >= 0.3 is 0 Å². The molecular weight excluding hydrogens is 284 g/mol. The Balaban J connectivity index is 1.79. The second-order valence-corrected chi connectivity index (χ2v) is 6.84. The summed E-state index contributed by atoms with van der Waals surface area (Å²) in [6.45, 7) is 2.82. The molecule has 2 saturated heterocycles. The summed E-state index contributed by atoms with van der Waals surface area (Å²) in [6, 6.07) is 8.20. The van der Waals surface area contributed by atoms with Gasteiger partial charge in [0.2, 0.25) is 11.8 Å². The van der Waals surface area contributed by atoms with Gasteiger partial charge in [0, 0.05) is 24.5 Å². The number of rotatable bonds is 2. The van der Waals surface area contributed by atoms with Crippen LogP contribution in [0.1, 0.15) is 30.0 Å². The maximum atomic E-state index is 12.7. The second-order valence-electron chi connectivity index (χ2n) is 5.69. The van der Waals surface area contributed by atoms with Crippen LogP contribution in [0.15, 0.2) is 24.3 Å². The van der Waals surface area contributed by atoms with E-state index in [1.807, 2.05) is 16.7 Å². The van der Waals surface area contributed by atoms with Crippen LogP contribution in [0.2, 0.25) is 0 Å². The second kappa shape index (κ2) is 6.10. The molecular formula is C16H20N2O2S. The van der Waals surface area contributed by atoms with Crippen molar-refractivity contribution in [3.8, 4) is 0 Å². The van der Waals surface area contributed by atoms with Gasteiger partial charge in [0.15, 0.2) is 0 Å². The fourth-order valence-corrected chi connectivity index (χ4v) is 4.02. The van der Waals surface area contributed by atoms with Crippen LogP contribution in [0.25, 0.3) is 0 Å². The molecule has 0 saturated carbocycles. The molecule has 5 heteroatoms. The van der Waals surface area contributed by atoms with Gasteiger partial charge in [0.1, 0.15) is 6.04 Å². The molecule has 0 spiro atoms. The molecule has 2 aliphatic rings. The molecule has 2 fully saturated rings. The van der Waals surface area contributed by atoms with Crippen molar-refractivity contribution in [2.45, 2.75) is 31.8 Å². The molecule has 0 radical (unpaired) electrons. The molecule has 1 aromatic carbocycles. The number of amides is 2. The summed E-state index contributed by atoms with van der Waals surface area (Å²) in [5, 5.41) is 2.80. The van der Waals surface area contributed by atoms with Crippen LogP contribution < -0.4 is 5.32 Å². The summed E-state index contributed by atoms with van der Waals surface area (Å²) in [7, 11) is 0. The highest BCUT2D eigenvalue weighted by Crippen LogP contribution is 2.31. The maximum Gasteiger partial charge on any atom is 0.245 e. The van der Waals surface area contributed by atoms with Crippen molar-refractivity contribution in [2.24, 2.45) is 0 Å². The topological polar surface area (TPSA) is 49.4 Å². The predicted molar refractivity (Wildman–Crippen MR) is 84.1 cm³/mol. The van der Waals surface area contributed by atoms with E-state index in [0.29, 0.717) is 12.8 Å². The van der Waals surface area contributed by atoms with Crippen molar-refractivity contribution < 1.29 is 9.59 Å². The molecule has 2 amide bonds. The monoisotopic (exact) mass is 304 g/mol. The van der Waals surface area contributed by atoms with E-state index in [-0.39, 0.29) is 23.9 Å². The van der Waals surface area contributed by atoms with Crippen molar-refractivity contribution in [1.82, 2.24) is 10.2 Å². The summed E-state index contributed by atoms with van der Waals surface area (Å²) in [5.41, 5.74) is 2.41. The van der Waals surface area contributed by atoms with Crippen LogP contribution in [0.5, 0.6) is 0 Å². The Hall–Kier alpha value is -1.49. The minimum Gasteiger partial charge on any atom is -0.344 e. The zero-order chi connectivity index (χ0) is 14.8. The highest BCUT2D eigenvalue weighted by molar-refractivity contribution is 7.99. The normalized spacial score (nSPS) is 25.8. The highest BCUT2D eigenvalue weighted by Gasteiger charge is 2.35. The third-order valence-electron chi connectivity index (χ3n) is 4.17. The molecule has 0 aromatic heterocycles. The van der Waals surface area contributed by atoms with Gasteiger partial charge in [-0.15, -0.1) is 0 Å². The fourth-order valence-electron chi connectivity index (χ4n) is 2.93. The number of hydrogen-bond acceptors (Lipinski definition) is 3. The minimum absolute atomic E-state index is 0.00776. The van der Waals surface area contributed by atoms with E-state index in [9.17, 15) is 9.59 Å². The van der Waals surface area contributed by atoms with Crippen LogP contribution in [-0.2, 0) is 9.59 Å². The molecule has 0 bridgehead atoms. The first-order valence-corrected chi connectivity index (χ1v) is 8.55. The molecule has 1 N–H and O–H groups in total. The van der Waals surface area contributed by atoms with E-state index in [0.717, 1.165) is 18.1 Å². The van der Waals surface area contributed by atoms with E-state index in [1.54, 1.807) is 0 Å². The number of nitrogens with one attached hydrogen (secondary N) is 1. The highest BCUT2D eigenvalue weighted by atomic mass is 32.2. The Labute approximate surface area is 129 Å². The third kappa shape index (κ3) is 3.07. The Morgan fingerprint density at radius 3 is 2.76 bits per heavy atom. The molecule has 2 atom stereocenters. The molecule has 3 rings (SSSR count). The average Bonchev–Trinajstić information content (AvgIpc) is 2.94. The molecule has 2 aliphatic heterocycles. The molecule has 0 unspecified atom stereocenters. The van der Waals surface area contributed by atoms with E-state index < -0.39 is 0 Å². The smallest absolute Gasteiger partial charge is 0.245 e. The van der Waals surface area contributed by atoms with Crippen LogP contribution in [-0.4, -0.2) is 40.8 Å². The number of thioether (sulfide) groups is 1. The van der Waals surface area contributed by atoms with Gasteiger partial charge in [-0.1, -0.05) is 29.8 Å². The first-order chi connectivity index (χ1) is 10.1. The summed E-state index contributed by atoms with van der Waals surface area (Å²) >= 11 is 1.89. The van der Waals surface area contributed by atoms with Gasteiger partial charge < -0.3 is 10.2 Å². The quantitative estimate of drug-likeness (QED) is 0.908. The largest absolute Gasteiger partial charge is 0.344 e. The lowest BCUT2D eigenvalue weighted by atomic mass is 10.0. The van der Waals surface area contributed by atoms with E-state index in [2.05, 4.69) is 36.5 Å². The molecule has 1 aromatic rings. The number of hydrogen-bond donors (Lipinski definition) is 1. The number of nitrogens with zero attached hydrogens (tertiary/aromatic N) is 1. The lowest BCUT2D eigenvalue weighted by molar-refractivity contribution is -0.136. The zero-order valence-electron chi connectivity index (χ0n) is 12.2. The summed E-state index contributed by atoms with van der Waals surface area (Å²) in [5.74, 6) is 1.96. The number of carbonyl (C=O) groups excluding carboxylic acids is 2. The van der Waals surface area contributed by atoms with Crippen LogP contribution in [0, 0.1) is 6.92 Å². The van der Waals surface area contributed by atoms with Crippen molar-refractivity contribution in [3.63, 3.8) is 0 Å². The third-order valence-corrected chi connectivity index (χ3v) is 5.19. The number of aryl methyl sites for hydroxylation is 1. The lowest BCUT2D eigenvalue weighted by Gasteiger charge is -2.37. The number of benzene rings is 1. The Kier molecular flexibility index (Phi) is 4.19. The van der Waals surface area contributed by atoms with Crippen LogP contribution >= 0.6 is 11.8 Å². The Morgan fingerprint density at radius 1 is 1.33 bits per heavy atom. The zero-order valence-corrected chi connectivity index (χ0v) is 13.0. The number of carbonyl (C=O) groups is 2. The van der Waals surface area contributed by atoms with E-state index in [1.165, 1.54) is 11.1 Å². The van der Waals surface area contributed by atoms with Gasteiger partial charge in [-0.2, -0.15) is 11.8 Å². The molecule has 21 heavy (non-hydrogen) atoms. The van der Waals surface area contributed by atoms with Crippen LogP contribution in [0.4, 0.5) is 0 Å². The first-order valence-electron chi connectivity index (χ1n) is 7.39. The lowest BCUT2D eigenvalue weighted by Crippen LogP contribution is -2.49. The maximum absolute atomic E-state index is 12.7. The van der Waals surface area contributed by atoms with Gasteiger partial charge in [-0.25, -0.2) is 0 Å². The fraction of sp³-hybridized carbons (Fsp3) is 0.500. The van der Waals surface area contributed by atoms with Crippen molar-refractivity contribution in [2.75, 3.05) is 18.1 Å². The van der Waals surface area contributed by atoms with Gasteiger partial charge in [0.05, 0.1) is 6.04 Å². The summed E-state index contributed by atoms with van der Waals surface area (Å²) in [6.07, 6.45) is 1.09. The molecule has 112 valence electrons. The van der Waals surface area contributed by atoms with Gasteiger partial charge in [0.25, 0.3) is 0 Å². The predicted octanol–water partition coefficient (Wildman–Crippen LogP) is 1.89. The van der Waals surface area contributed by atoms with E-state index >= 15 is 0 Å². The first kappa shape index (κ1) is 14.4. The SMILES string of the molecule is Cc1ccc([C@H]2CSCCN2C(=O)[C@H]2CCC(=O)N2)cc1. The van der Waals surface area contributed by atoms with Gasteiger partial charge in [-0.05, 0) is 18.9 Å². The average molecular weight is 304 g/mol. The summed E-state index contributed by atoms with van der Waals surface area (Å²) < 4.78 is 0. The molecule has 2 heterocycles. The Morgan fingerprint density at radius 2 is 2.10 bits per heavy atom. The van der Waals surface area contributed by atoms with Crippen molar-refractivity contribution in [1.29, 1.82) is 0 Å². The van der Waals surface area contributed by atoms with Crippen molar-refractivity contribution >= 4 is 23.6 Å². The standard InChI is InChI=1S/C16H20N2O2S/c1-11-2-4-12(5-3-11)14-10-21-9-8-18(14)16(20)13-6-7-15(19)17-13/h2-5,13-14H,6-10H2,1H3,(H,17,19)/t13-,14-/m1/s1. The van der Waals surface area contributed by atoms with Crippen LogP contribution in [0.3, 0.4) is 0 Å². The molecule has 0 aliphatic carbocycles. The van der Waals surface area contributed by atoms with Crippen molar-refractivity contribution in [3.05, 3.63) is 35.4 Å². The summed E-state index contributed by atoms with van der Waals surface area (Å²) in [4.78, 5) is 26.0. The Bertz CT molecular complexity index is 544. The van der Waals surface area contributed by atoms with E-state index in [4.69, 9.17) is 0 Å². The van der Waals surface area contributed by atoms with Gasteiger partial charge in [-0.3, -0.25) is 9.59 Å². The minimum atomic E-state index is -0.325.